The molecule has 0 amide bonds. The third-order valence-electron chi connectivity index (χ3n) is 4.84. The highest BCUT2D eigenvalue weighted by Gasteiger charge is 2.13. The number of aryl methyl sites for hydroxylation is 1. The maximum Gasteiger partial charge on any atom is 0.254 e. The second-order valence-electron chi connectivity index (χ2n) is 6.78. The Hall–Kier alpha value is -3.45. The standard InChI is InChI=1S/C22H21FN4O2/c1-14-19-11-16(13-24-12-15-5-3-4-6-20(15)29-2)22(28)25-21(19)27(26-14)18-9-7-17(23)8-10-18/h3-11,24H,12-13H2,1-2H3,(H,25,28). The van der Waals surface area contributed by atoms with E-state index in [4.69, 9.17) is 4.74 Å². The van der Waals surface area contributed by atoms with Gasteiger partial charge in [0.25, 0.3) is 5.56 Å². The smallest absolute Gasteiger partial charge is 0.254 e. The number of hydrogen-bond acceptors (Lipinski definition) is 4. The number of fused-ring (bicyclic) bond motifs is 1. The van der Waals surface area contributed by atoms with Crippen molar-refractivity contribution in [3.63, 3.8) is 0 Å². The van der Waals surface area contributed by atoms with Crippen molar-refractivity contribution in [1.29, 1.82) is 0 Å². The Balaban J connectivity index is 1.60. The Morgan fingerprint density at radius 2 is 1.83 bits per heavy atom. The van der Waals surface area contributed by atoms with Crippen LogP contribution in [0.4, 0.5) is 4.39 Å². The Morgan fingerprint density at radius 3 is 2.59 bits per heavy atom. The van der Waals surface area contributed by atoms with Gasteiger partial charge in [0.15, 0.2) is 0 Å². The molecule has 0 aliphatic carbocycles. The Labute approximate surface area is 167 Å². The minimum absolute atomic E-state index is 0.187. The summed E-state index contributed by atoms with van der Waals surface area (Å²) in [6, 6.07) is 15.6. The molecule has 148 valence electrons. The van der Waals surface area contributed by atoms with Crippen LogP contribution in [0, 0.1) is 12.7 Å². The third-order valence-corrected chi connectivity index (χ3v) is 4.84. The summed E-state index contributed by atoms with van der Waals surface area (Å²) in [5.74, 6) is 0.486. The van der Waals surface area contributed by atoms with Crippen LogP contribution < -0.4 is 15.6 Å². The number of nitrogens with one attached hydrogen (secondary N) is 2. The number of ether oxygens (including phenoxy) is 1. The molecule has 0 aliphatic rings. The van der Waals surface area contributed by atoms with Gasteiger partial charge in [0.2, 0.25) is 0 Å². The second-order valence-corrected chi connectivity index (χ2v) is 6.78. The molecule has 0 bridgehead atoms. The number of H-pyrrole nitrogens is 1. The average Bonchev–Trinajstić information content (AvgIpc) is 3.04. The molecule has 0 unspecified atom stereocenters. The highest BCUT2D eigenvalue weighted by Crippen LogP contribution is 2.20. The number of rotatable bonds is 6. The molecule has 2 heterocycles. The minimum Gasteiger partial charge on any atom is -0.496 e. The van der Waals surface area contributed by atoms with Crippen LogP contribution >= 0.6 is 0 Å². The highest BCUT2D eigenvalue weighted by atomic mass is 19.1. The monoisotopic (exact) mass is 392 g/mol. The molecular weight excluding hydrogens is 371 g/mol. The van der Waals surface area contributed by atoms with Crippen LogP contribution in [0.3, 0.4) is 0 Å². The van der Waals surface area contributed by atoms with Gasteiger partial charge in [-0.3, -0.25) is 4.79 Å². The number of halogens is 1. The largest absolute Gasteiger partial charge is 0.496 e. The van der Waals surface area contributed by atoms with Crippen LogP contribution in [-0.4, -0.2) is 21.9 Å². The first-order chi connectivity index (χ1) is 14.1. The van der Waals surface area contributed by atoms with Crippen molar-refractivity contribution in [3.05, 3.63) is 87.6 Å². The molecule has 7 heteroatoms. The molecule has 4 aromatic rings. The fourth-order valence-electron chi connectivity index (χ4n) is 3.34. The lowest BCUT2D eigenvalue weighted by atomic mass is 10.1. The summed E-state index contributed by atoms with van der Waals surface area (Å²) in [6.45, 7) is 2.87. The van der Waals surface area contributed by atoms with Crippen LogP contribution in [0.15, 0.2) is 59.4 Å². The fourth-order valence-corrected chi connectivity index (χ4v) is 3.34. The molecule has 0 saturated carbocycles. The van der Waals surface area contributed by atoms with Crippen LogP contribution in [0.1, 0.15) is 16.8 Å². The first kappa shape index (κ1) is 18.9. The number of hydrogen-bond donors (Lipinski definition) is 2. The van der Waals surface area contributed by atoms with Gasteiger partial charge in [-0.2, -0.15) is 5.10 Å². The van der Waals surface area contributed by atoms with E-state index < -0.39 is 0 Å². The highest BCUT2D eigenvalue weighted by molar-refractivity contribution is 5.80. The zero-order valence-electron chi connectivity index (χ0n) is 16.2. The lowest BCUT2D eigenvalue weighted by Gasteiger charge is -2.09. The van der Waals surface area contributed by atoms with Crippen molar-refractivity contribution in [2.75, 3.05) is 7.11 Å². The lowest BCUT2D eigenvalue weighted by Crippen LogP contribution is -2.21. The quantitative estimate of drug-likeness (QED) is 0.527. The summed E-state index contributed by atoms with van der Waals surface area (Å²) in [5, 5.41) is 8.65. The molecule has 2 aromatic carbocycles. The maximum atomic E-state index is 13.2. The molecule has 0 spiro atoms. The average molecular weight is 392 g/mol. The van der Waals surface area contributed by atoms with E-state index in [1.54, 1.807) is 23.9 Å². The van der Waals surface area contributed by atoms with Crippen molar-refractivity contribution in [2.45, 2.75) is 20.0 Å². The van der Waals surface area contributed by atoms with E-state index in [0.717, 1.165) is 22.4 Å². The molecule has 0 radical (unpaired) electrons. The van der Waals surface area contributed by atoms with E-state index in [9.17, 15) is 9.18 Å². The Kier molecular flexibility index (Phi) is 5.14. The normalized spacial score (nSPS) is 11.1. The van der Waals surface area contributed by atoms with Gasteiger partial charge in [-0.25, -0.2) is 9.07 Å². The molecule has 2 aromatic heterocycles. The third kappa shape index (κ3) is 3.77. The van der Waals surface area contributed by atoms with E-state index in [1.165, 1.54) is 12.1 Å². The predicted octanol–water partition coefficient (Wildman–Crippen LogP) is 3.46. The molecule has 0 aliphatic heterocycles. The first-order valence-corrected chi connectivity index (χ1v) is 9.27. The first-order valence-electron chi connectivity index (χ1n) is 9.27. The number of para-hydroxylation sites is 1. The summed E-state index contributed by atoms with van der Waals surface area (Å²) in [7, 11) is 1.64. The topological polar surface area (TPSA) is 71.9 Å². The van der Waals surface area contributed by atoms with E-state index in [-0.39, 0.29) is 11.4 Å². The van der Waals surface area contributed by atoms with Gasteiger partial charge in [-0.15, -0.1) is 0 Å². The molecule has 29 heavy (non-hydrogen) atoms. The molecule has 0 atom stereocenters. The van der Waals surface area contributed by atoms with Gasteiger partial charge in [0.1, 0.15) is 17.2 Å². The van der Waals surface area contributed by atoms with Crippen LogP contribution in [0.2, 0.25) is 0 Å². The van der Waals surface area contributed by atoms with Gasteiger partial charge < -0.3 is 15.0 Å². The summed E-state index contributed by atoms with van der Waals surface area (Å²) in [4.78, 5) is 15.5. The van der Waals surface area contributed by atoms with Crippen molar-refractivity contribution in [1.82, 2.24) is 20.1 Å². The molecule has 6 nitrogen and oxygen atoms in total. The molecule has 0 saturated heterocycles. The number of aromatic nitrogens is 3. The Morgan fingerprint density at radius 1 is 1.10 bits per heavy atom. The number of nitrogens with zero attached hydrogens (tertiary/aromatic N) is 2. The van der Waals surface area contributed by atoms with Gasteiger partial charge >= 0.3 is 0 Å². The fraction of sp³-hybridized carbons (Fsp3) is 0.182. The lowest BCUT2D eigenvalue weighted by molar-refractivity contribution is 0.407. The van der Waals surface area contributed by atoms with Crippen molar-refractivity contribution >= 4 is 11.0 Å². The van der Waals surface area contributed by atoms with Crippen LogP contribution in [0.5, 0.6) is 5.75 Å². The summed E-state index contributed by atoms with van der Waals surface area (Å²) in [5.41, 5.74) is 3.51. The molecule has 4 rings (SSSR count). The molecular formula is C22H21FN4O2. The summed E-state index contributed by atoms with van der Waals surface area (Å²) >= 11 is 0. The summed E-state index contributed by atoms with van der Waals surface area (Å²) in [6.07, 6.45) is 0. The van der Waals surface area contributed by atoms with E-state index in [2.05, 4.69) is 15.4 Å². The van der Waals surface area contributed by atoms with Crippen LogP contribution in [-0.2, 0) is 13.1 Å². The van der Waals surface area contributed by atoms with E-state index in [1.807, 2.05) is 37.3 Å². The number of methoxy groups -OCH3 is 1. The number of pyridine rings is 1. The van der Waals surface area contributed by atoms with Crippen molar-refractivity contribution < 1.29 is 9.13 Å². The Bertz CT molecular complexity index is 1210. The zero-order chi connectivity index (χ0) is 20.4. The predicted molar refractivity (Wildman–Crippen MR) is 110 cm³/mol. The van der Waals surface area contributed by atoms with Crippen molar-refractivity contribution in [2.24, 2.45) is 0 Å². The van der Waals surface area contributed by atoms with Gasteiger partial charge in [0, 0.05) is 29.6 Å². The van der Waals surface area contributed by atoms with Gasteiger partial charge in [-0.05, 0) is 43.3 Å². The number of aromatic amines is 1. The van der Waals surface area contributed by atoms with Gasteiger partial charge in [-0.1, -0.05) is 18.2 Å². The second kappa shape index (κ2) is 7.89. The van der Waals surface area contributed by atoms with E-state index in [0.29, 0.717) is 30.0 Å². The minimum atomic E-state index is -0.321. The zero-order valence-corrected chi connectivity index (χ0v) is 16.2. The maximum absolute atomic E-state index is 13.2. The number of benzene rings is 2. The molecule has 2 N–H and O–H groups in total. The SMILES string of the molecule is COc1ccccc1CNCc1cc2c(C)nn(-c3ccc(F)cc3)c2[nH]c1=O. The molecule has 0 fully saturated rings. The summed E-state index contributed by atoms with van der Waals surface area (Å²) < 4.78 is 20.2. The van der Waals surface area contributed by atoms with E-state index >= 15 is 0 Å². The van der Waals surface area contributed by atoms with Crippen LogP contribution in [0.25, 0.3) is 16.7 Å². The van der Waals surface area contributed by atoms with Crippen molar-refractivity contribution in [3.8, 4) is 11.4 Å². The van der Waals surface area contributed by atoms with Gasteiger partial charge in [0.05, 0.1) is 18.5 Å².